The summed E-state index contributed by atoms with van der Waals surface area (Å²) in [6, 6.07) is -0.648. The number of aromatic amines is 1. The molecule has 0 atom stereocenters. The van der Waals surface area contributed by atoms with E-state index in [0.29, 0.717) is 25.8 Å². The number of hydrazine groups is 1. The number of unbranched alkanes of at least 4 members (excludes halogenated alkanes) is 1. The van der Waals surface area contributed by atoms with Gasteiger partial charge in [0.15, 0.2) is 0 Å². The van der Waals surface area contributed by atoms with Crippen molar-refractivity contribution in [3.63, 3.8) is 0 Å². The molecule has 1 aromatic rings. The molecule has 1 aliphatic carbocycles. The number of rotatable bonds is 11. The Labute approximate surface area is 202 Å². The lowest BCUT2D eigenvalue weighted by Gasteiger charge is -2.30. The van der Waals surface area contributed by atoms with Gasteiger partial charge < -0.3 is 20.7 Å². The smallest absolute Gasteiger partial charge is 0.344 e. The molecule has 2 aliphatic rings. The first-order valence-electron chi connectivity index (χ1n) is 12.1. The number of nitrogens with two attached hydrogens (primary N) is 1. The molecule has 1 saturated carbocycles. The van der Waals surface area contributed by atoms with E-state index in [9.17, 15) is 24.0 Å². The highest BCUT2D eigenvalue weighted by atomic mass is 16.5. The van der Waals surface area contributed by atoms with E-state index in [1.54, 1.807) is 4.90 Å². The first kappa shape index (κ1) is 26.3. The fourth-order valence-electron chi connectivity index (χ4n) is 4.59. The number of methoxy groups -OCH3 is 1. The summed E-state index contributed by atoms with van der Waals surface area (Å²) < 4.78 is 6.43. The molecular weight excluding hydrogens is 458 g/mol. The van der Waals surface area contributed by atoms with Crippen LogP contribution in [0.15, 0.2) is 9.59 Å². The quantitative estimate of drug-likeness (QED) is 0.313. The number of urea groups is 1. The summed E-state index contributed by atoms with van der Waals surface area (Å²) >= 11 is 0. The van der Waals surface area contributed by atoms with Gasteiger partial charge in [0.25, 0.3) is 11.5 Å². The number of nitrogens with zero attached hydrogens (tertiary/aromatic N) is 3. The zero-order valence-corrected chi connectivity index (χ0v) is 20.4. The van der Waals surface area contributed by atoms with Crippen molar-refractivity contribution in [1.82, 2.24) is 25.3 Å². The van der Waals surface area contributed by atoms with Crippen molar-refractivity contribution < 1.29 is 19.1 Å². The largest absolute Gasteiger partial charge is 0.383 e. The normalized spacial score (nSPS) is 17.0. The lowest BCUT2D eigenvalue weighted by atomic mass is 9.82. The van der Waals surface area contributed by atoms with Crippen LogP contribution in [0.5, 0.6) is 0 Å². The van der Waals surface area contributed by atoms with Gasteiger partial charge in [0.2, 0.25) is 5.91 Å². The molecule has 1 aromatic heterocycles. The summed E-state index contributed by atoms with van der Waals surface area (Å²) in [4.78, 5) is 66.7. The van der Waals surface area contributed by atoms with E-state index in [2.05, 4.69) is 15.7 Å². The van der Waals surface area contributed by atoms with Gasteiger partial charge in [-0.15, -0.1) is 0 Å². The van der Waals surface area contributed by atoms with Crippen LogP contribution in [-0.4, -0.2) is 64.8 Å². The molecule has 1 aliphatic heterocycles. The highest BCUT2D eigenvalue weighted by Gasteiger charge is 2.52. The van der Waals surface area contributed by atoms with E-state index in [0.717, 1.165) is 30.7 Å². The topological polar surface area (TPSA) is 172 Å². The molecule has 0 unspecified atom stereocenters. The monoisotopic (exact) mass is 493 g/mol. The Morgan fingerprint density at radius 3 is 2.54 bits per heavy atom. The molecule has 0 bridgehead atoms. The van der Waals surface area contributed by atoms with Crippen molar-refractivity contribution in [2.24, 2.45) is 0 Å². The standard InChI is InChI=1S/C22H35N7O6/c1-3-4-11-28-17(23)16(18(31)24-20(28)33)27(13-14-35-2)12-8-15(30)26-29-19(32)22(25-21(29)34)9-6-5-7-10-22/h3-14,23H2,1-2H3,(H,25,34)(H,26,30)(H,24,31,33). The molecule has 2 fully saturated rings. The number of amides is 4. The number of hydrogen-bond acceptors (Lipinski definition) is 8. The Morgan fingerprint density at radius 2 is 1.89 bits per heavy atom. The maximum atomic E-state index is 12.9. The van der Waals surface area contributed by atoms with Crippen LogP contribution in [0.2, 0.25) is 0 Å². The minimum atomic E-state index is -0.943. The first-order valence-corrected chi connectivity index (χ1v) is 12.1. The fraction of sp³-hybridized carbons (Fsp3) is 0.682. The van der Waals surface area contributed by atoms with Gasteiger partial charge in [-0.25, -0.2) is 9.59 Å². The summed E-state index contributed by atoms with van der Waals surface area (Å²) in [7, 11) is 1.50. The fourth-order valence-corrected chi connectivity index (χ4v) is 4.59. The lowest BCUT2D eigenvalue weighted by Crippen LogP contribution is -2.51. The molecule has 194 valence electrons. The molecule has 3 rings (SSSR count). The molecular formula is C22H35N7O6. The number of nitrogens with one attached hydrogen (secondary N) is 3. The van der Waals surface area contributed by atoms with Crippen molar-refractivity contribution in [2.75, 3.05) is 37.4 Å². The number of hydrogen-bond donors (Lipinski definition) is 4. The van der Waals surface area contributed by atoms with Crippen LogP contribution in [0.1, 0.15) is 58.3 Å². The number of ether oxygens (including phenoxy) is 1. The average molecular weight is 494 g/mol. The molecule has 0 radical (unpaired) electrons. The maximum absolute atomic E-state index is 12.9. The first-order chi connectivity index (χ1) is 16.7. The Bertz CT molecular complexity index is 1060. The minimum absolute atomic E-state index is 0.0112. The van der Waals surface area contributed by atoms with Crippen LogP contribution in [0, 0.1) is 0 Å². The predicted molar refractivity (Wildman–Crippen MR) is 129 cm³/mol. The van der Waals surface area contributed by atoms with Crippen LogP contribution in [0.25, 0.3) is 0 Å². The van der Waals surface area contributed by atoms with Gasteiger partial charge in [0.1, 0.15) is 17.0 Å². The number of anilines is 2. The number of carbonyl (C=O) groups is 3. The van der Waals surface area contributed by atoms with Crippen LogP contribution >= 0.6 is 0 Å². The molecule has 35 heavy (non-hydrogen) atoms. The van der Waals surface area contributed by atoms with Crippen LogP contribution in [-0.2, 0) is 20.9 Å². The minimum Gasteiger partial charge on any atom is -0.383 e. The van der Waals surface area contributed by atoms with E-state index in [4.69, 9.17) is 10.5 Å². The van der Waals surface area contributed by atoms with Crippen molar-refractivity contribution >= 4 is 29.4 Å². The lowest BCUT2D eigenvalue weighted by molar-refractivity contribution is -0.139. The summed E-state index contributed by atoms with van der Waals surface area (Å²) in [6.45, 7) is 2.83. The zero-order chi connectivity index (χ0) is 25.6. The Balaban J connectivity index is 1.73. The zero-order valence-electron chi connectivity index (χ0n) is 20.4. The molecule has 5 N–H and O–H groups in total. The number of aromatic nitrogens is 2. The second kappa shape index (κ2) is 11.4. The van der Waals surface area contributed by atoms with Gasteiger partial charge in [0.05, 0.1) is 6.61 Å². The number of nitrogen functional groups attached to an aromatic ring is 1. The highest BCUT2D eigenvalue weighted by molar-refractivity contribution is 6.08. The average Bonchev–Trinajstić information content (AvgIpc) is 3.04. The molecule has 1 saturated heterocycles. The molecule has 13 heteroatoms. The van der Waals surface area contributed by atoms with Gasteiger partial charge >= 0.3 is 11.7 Å². The third-order valence-electron chi connectivity index (χ3n) is 6.55. The van der Waals surface area contributed by atoms with Gasteiger partial charge in [-0.2, -0.15) is 5.01 Å². The van der Waals surface area contributed by atoms with Crippen LogP contribution in [0.3, 0.4) is 0 Å². The SMILES string of the molecule is CCCCn1c(N)c(N(CCOC)CCC(=O)NN2C(=O)NC3(CCCCC3)C2=O)c(=O)[nH]c1=O. The third kappa shape index (κ3) is 5.66. The summed E-state index contributed by atoms with van der Waals surface area (Å²) in [5.74, 6) is -1.01. The van der Waals surface area contributed by atoms with E-state index < -0.39 is 34.6 Å². The van der Waals surface area contributed by atoms with Crippen molar-refractivity contribution in [2.45, 2.75) is 70.4 Å². The van der Waals surface area contributed by atoms with Gasteiger partial charge in [-0.05, 0) is 19.3 Å². The van der Waals surface area contributed by atoms with E-state index >= 15 is 0 Å². The Morgan fingerprint density at radius 1 is 1.17 bits per heavy atom. The Hall–Kier alpha value is -3.35. The summed E-state index contributed by atoms with van der Waals surface area (Å²) in [5.41, 5.74) is 6.47. The maximum Gasteiger partial charge on any atom is 0.344 e. The van der Waals surface area contributed by atoms with E-state index in [1.807, 2.05) is 6.92 Å². The molecule has 1 spiro atoms. The highest BCUT2D eigenvalue weighted by Crippen LogP contribution is 2.33. The van der Waals surface area contributed by atoms with Gasteiger partial charge in [-0.1, -0.05) is 32.6 Å². The molecule has 4 amide bonds. The van der Waals surface area contributed by atoms with E-state index in [1.165, 1.54) is 11.7 Å². The second-order valence-corrected chi connectivity index (χ2v) is 8.98. The van der Waals surface area contributed by atoms with E-state index in [-0.39, 0.29) is 37.6 Å². The number of carbonyl (C=O) groups excluding carboxylic acids is 3. The third-order valence-corrected chi connectivity index (χ3v) is 6.55. The number of imide groups is 1. The predicted octanol–water partition coefficient (Wildman–Crippen LogP) is 0.0477. The number of H-pyrrole nitrogens is 1. The van der Waals surface area contributed by atoms with Crippen LogP contribution < -0.4 is 32.6 Å². The molecule has 2 heterocycles. The van der Waals surface area contributed by atoms with Crippen molar-refractivity contribution in [1.29, 1.82) is 0 Å². The van der Waals surface area contributed by atoms with Crippen LogP contribution in [0.4, 0.5) is 16.3 Å². The second-order valence-electron chi connectivity index (χ2n) is 8.98. The van der Waals surface area contributed by atoms with Crippen molar-refractivity contribution in [3.8, 4) is 0 Å². The van der Waals surface area contributed by atoms with Crippen molar-refractivity contribution in [3.05, 3.63) is 20.8 Å². The Kier molecular flexibility index (Phi) is 8.54. The van der Waals surface area contributed by atoms with Gasteiger partial charge in [0, 0.05) is 33.2 Å². The molecule has 0 aromatic carbocycles. The summed E-state index contributed by atoms with van der Waals surface area (Å²) in [5, 5.41) is 3.49. The molecule has 13 nitrogen and oxygen atoms in total. The van der Waals surface area contributed by atoms with Gasteiger partial charge in [-0.3, -0.25) is 29.4 Å². The summed E-state index contributed by atoms with van der Waals surface area (Å²) in [6.07, 6.45) is 5.15.